The first-order valence-corrected chi connectivity index (χ1v) is 10.9. The molecule has 1 aromatic heterocycles. The first kappa shape index (κ1) is 25.3. The van der Waals surface area contributed by atoms with E-state index < -0.39 is 9.73 Å². The van der Waals surface area contributed by atoms with Crippen LogP contribution in [0.3, 0.4) is 0 Å². The van der Waals surface area contributed by atoms with Crippen LogP contribution in [0.1, 0.15) is 38.0 Å². The van der Waals surface area contributed by atoms with Crippen molar-refractivity contribution in [2.24, 2.45) is 0 Å². The van der Waals surface area contributed by atoms with Gasteiger partial charge in [-0.1, -0.05) is 50.3 Å². The summed E-state index contributed by atoms with van der Waals surface area (Å²) in [5.41, 5.74) is 1.54. The van der Waals surface area contributed by atoms with Gasteiger partial charge in [0.2, 0.25) is 5.89 Å². The number of aryl methyl sites for hydroxylation is 2. The number of hydrogen-bond donors (Lipinski definition) is 2. The number of hydrogen-bond acceptors (Lipinski definition) is 5. The molecule has 1 aromatic carbocycles. The lowest BCUT2D eigenvalue weighted by Crippen LogP contribution is -2.23. The zero-order chi connectivity index (χ0) is 21.7. The zero-order valence-corrected chi connectivity index (χ0v) is 18.4. The number of nitrogens with zero attached hydrogens (tertiary/aromatic N) is 1. The van der Waals surface area contributed by atoms with Crippen LogP contribution in [-0.2, 0) is 21.1 Å². The molecule has 0 spiro atoms. The van der Waals surface area contributed by atoms with Gasteiger partial charge in [0.1, 0.15) is 5.76 Å². The van der Waals surface area contributed by atoms with Gasteiger partial charge in [-0.15, -0.1) is 0 Å². The molecule has 0 aliphatic rings. The SMILES string of the molecule is C=C(/C=C\C)C(=O)NCc1ncc(C)o1.CC.Cc1ccc(S(C)(=N)=O)cc1. The van der Waals surface area contributed by atoms with Crippen LogP contribution in [0.4, 0.5) is 0 Å². The van der Waals surface area contributed by atoms with Crippen LogP contribution in [0.15, 0.2) is 64.1 Å². The molecule has 6 nitrogen and oxygen atoms in total. The number of rotatable bonds is 5. The molecule has 2 N–H and O–H groups in total. The van der Waals surface area contributed by atoms with E-state index >= 15 is 0 Å². The van der Waals surface area contributed by atoms with Crippen molar-refractivity contribution in [1.82, 2.24) is 10.3 Å². The standard InChI is InChI=1S/C11H14N2O2.C8H11NOS.C2H6/c1-4-5-8(2)11(14)13-7-10-12-6-9(3)15-10;1-7-3-5-8(6-4-7)11(2,9)10;1-2/h4-6H,2,7H2,1,3H3,(H,13,14);3-6,9H,1-2H3;1-2H3/b5-4-;;. The highest BCUT2D eigenvalue weighted by atomic mass is 32.2. The first-order chi connectivity index (χ1) is 13.1. The minimum Gasteiger partial charge on any atom is -0.444 e. The zero-order valence-electron chi connectivity index (χ0n) is 17.5. The molecule has 0 aliphatic carbocycles. The molecule has 0 aliphatic heterocycles. The van der Waals surface area contributed by atoms with E-state index in [1.165, 1.54) is 6.26 Å². The van der Waals surface area contributed by atoms with Gasteiger partial charge in [-0.3, -0.25) is 4.79 Å². The smallest absolute Gasteiger partial charge is 0.251 e. The summed E-state index contributed by atoms with van der Waals surface area (Å²) in [4.78, 5) is 15.9. The summed E-state index contributed by atoms with van der Waals surface area (Å²) in [6.45, 7) is 13.5. The predicted octanol–water partition coefficient (Wildman–Crippen LogP) is 4.79. The second-order valence-corrected chi connectivity index (χ2v) is 7.89. The van der Waals surface area contributed by atoms with Crippen LogP contribution in [0.25, 0.3) is 0 Å². The van der Waals surface area contributed by atoms with E-state index in [0.29, 0.717) is 16.4 Å². The maximum absolute atomic E-state index is 11.4. The Morgan fingerprint density at radius 3 is 2.29 bits per heavy atom. The van der Waals surface area contributed by atoms with Gasteiger partial charge in [0.25, 0.3) is 5.91 Å². The quantitative estimate of drug-likeness (QED) is 0.552. The van der Waals surface area contributed by atoms with Crippen molar-refractivity contribution in [3.8, 4) is 0 Å². The lowest BCUT2D eigenvalue weighted by atomic mass is 10.2. The Labute approximate surface area is 168 Å². The van der Waals surface area contributed by atoms with E-state index in [9.17, 15) is 9.00 Å². The summed E-state index contributed by atoms with van der Waals surface area (Å²) in [5.74, 6) is 1.00. The highest BCUT2D eigenvalue weighted by molar-refractivity contribution is 7.91. The van der Waals surface area contributed by atoms with Gasteiger partial charge in [0.05, 0.1) is 22.5 Å². The Balaban J connectivity index is 0.000000497. The summed E-state index contributed by atoms with van der Waals surface area (Å²) < 4.78 is 23.6. The van der Waals surface area contributed by atoms with Gasteiger partial charge in [0, 0.05) is 16.7 Å². The van der Waals surface area contributed by atoms with Crippen molar-refractivity contribution < 1.29 is 13.4 Å². The molecule has 0 radical (unpaired) electrons. The molecule has 2 rings (SSSR count). The number of aromatic nitrogens is 1. The van der Waals surface area contributed by atoms with Gasteiger partial charge >= 0.3 is 0 Å². The number of oxazole rings is 1. The van der Waals surface area contributed by atoms with Crippen molar-refractivity contribution in [2.45, 2.75) is 46.1 Å². The molecule has 0 bridgehead atoms. The maximum atomic E-state index is 11.4. The van der Waals surface area contributed by atoms with E-state index in [-0.39, 0.29) is 12.5 Å². The van der Waals surface area contributed by atoms with Crippen LogP contribution in [0.5, 0.6) is 0 Å². The second-order valence-electron chi connectivity index (χ2n) is 5.73. The number of carbonyl (C=O) groups excluding carboxylic acids is 1. The van der Waals surface area contributed by atoms with E-state index in [1.807, 2.05) is 39.8 Å². The van der Waals surface area contributed by atoms with Gasteiger partial charge in [0.15, 0.2) is 0 Å². The van der Waals surface area contributed by atoms with Gasteiger partial charge in [-0.2, -0.15) is 0 Å². The second kappa shape index (κ2) is 12.7. The molecular weight excluding hydrogens is 374 g/mol. The summed E-state index contributed by atoms with van der Waals surface area (Å²) in [6.07, 6.45) is 6.45. The molecule has 1 atom stereocenters. The fourth-order valence-corrected chi connectivity index (χ4v) is 2.48. The Kier molecular flexibility index (Phi) is 11.5. The molecule has 1 amide bonds. The third-order valence-electron chi connectivity index (χ3n) is 3.20. The number of nitrogens with one attached hydrogen (secondary N) is 2. The monoisotopic (exact) mass is 405 g/mol. The van der Waals surface area contributed by atoms with E-state index in [1.54, 1.807) is 37.4 Å². The number of benzene rings is 1. The first-order valence-electron chi connectivity index (χ1n) is 8.95. The maximum Gasteiger partial charge on any atom is 0.251 e. The van der Waals surface area contributed by atoms with Crippen molar-refractivity contribution in [3.05, 3.63) is 72.0 Å². The predicted molar refractivity (Wildman–Crippen MR) is 115 cm³/mol. The van der Waals surface area contributed by atoms with E-state index in [4.69, 9.17) is 9.20 Å². The lowest BCUT2D eigenvalue weighted by molar-refractivity contribution is -0.117. The van der Waals surface area contributed by atoms with Crippen molar-refractivity contribution in [1.29, 1.82) is 4.78 Å². The molecule has 28 heavy (non-hydrogen) atoms. The summed E-state index contributed by atoms with van der Waals surface area (Å²) in [5, 5.41) is 2.65. The minimum atomic E-state index is -2.52. The molecule has 7 heteroatoms. The van der Waals surface area contributed by atoms with Gasteiger partial charge < -0.3 is 9.73 Å². The average Bonchev–Trinajstić information content (AvgIpc) is 3.07. The average molecular weight is 406 g/mol. The fraction of sp³-hybridized carbons (Fsp3) is 0.333. The Morgan fingerprint density at radius 2 is 1.86 bits per heavy atom. The Morgan fingerprint density at radius 1 is 1.29 bits per heavy atom. The molecule has 154 valence electrons. The number of allylic oxidation sites excluding steroid dienone is 1. The third kappa shape index (κ3) is 9.87. The highest BCUT2D eigenvalue weighted by Crippen LogP contribution is 2.09. The van der Waals surface area contributed by atoms with Crippen LogP contribution in [0.2, 0.25) is 0 Å². The van der Waals surface area contributed by atoms with Crippen LogP contribution in [0, 0.1) is 18.6 Å². The van der Waals surface area contributed by atoms with Crippen molar-refractivity contribution in [3.63, 3.8) is 0 Å². The molecular formula is C21H31N3O3S. The fourth-order valence-electron chi connectivity index (χ4n) is 1.83. The topological polar surface area (TPSA) is 96.1 Å². The van der Waals surface area contributed by atoms with Gasteiger partial charge in [-0.05, 0) is 32.9 Å². The molecule has 1 heterocycles. The van der Waals surface area contributed by atoms with Crippen LogP contribution in [-0.4, -0.2) is 21.4 Å². The summed E-state index contributed by atoms with van der Waals surface area (Å²) >= 11 is 0. The molecule has 0 fully saturated rings. The van der Waals surface area contributed by atoms with Gasteiger partial charge in [-0.25, -0.2) is 14.0 Å². The van der Waals surface area contributed by atoms with Crippen molar-refractivity contribution in [2.75, 3.05) is 6.26 Å². The summed E-state index contributed by atoms with van der Waals surface area (Å²) in [7, 11) is -2.52. The van der Waals surface area contributed by atoms with Crippen molar-refractivity contribution >= 4 is 15.6 Å². The molecule has 2 aromatic rings. The molecule has 0 saturated carbocycles. The Bertz CT molecular complexity index is 880. The van der Waals surface area contributed by atoms with Crippen LogP contribution < -0.4 is 5.32 Å². The van der Waals surface area contributed by atoms with E-state index in [2.05, 4.69) is 16.9 Å². The number of amides is 1. The third-order valence-corrected chi connectivity index (χ3v) is 4.37. The molecule has 1 unspecified atom stereocenters. The minimum absolute atomic E-state index is 0.219. The van der Waals surface area contributed by atoms with Crippen LogP contribution >= 0.6 is 0 Å². The Hall–Kier alpha value is -2.67. The highest BCUT2D eigenvalue weighted by Gasteiger charge is 2.05. The largest absolute Gasteiger partial charge is 0.444 e. The normalized spacial score (nSPS) is 12.1. The molecule has 0 saturated heterocycles. The lowest BCUT2D eigenvalue weighted by Gasteiger charge is -2.01. The summed E-state index contributed by atoms with van der Waals surface area (Å²) in [6, 6.07) is 7.22. The van der Waals surface area contributed by atoms with E-state index in [0.717, 1.165) is 11.3 Å². The number of carbonyl (C=O) groups is 1.